The van der Waals surface area contributed by atoms with Gasteiger partial charge in [-0.25, -0.2) is 8.78 Å². The highest BCUT2D eigenvalue weighted by Crippen LogP contribution is 2.46. The Morgan fingerprint density at radius 2 is 1.15 bits per heavy atom. The van der Waals surface area contributed by atoms with Crippen LogP contribution in [0.15, 0.2) is 60.7 Å². The molecular weight excluding hydrogens is 627 g/mol. The molecule has 0 aromatic heterocycles. The number of alkyl halides is 7. The highest BCUT2D eigenvalue weighted by molar-refractivity contribution is 5.72. The quantitative estimate of drug-likeness (QED) is 0.100. The van der Waals surface area contributed by atoms with Crippen LogP contribution in [-0.4, -0.2) is 43.9 Å². The van der Waals surface area contributed by atoms with E-state index in [2.05, 4.69) is 11.7 Å². The first-order valence-corrected chi connectivity index (χ1v) is 15.1. The summed E-state index contributed by atoms with van der Waals surface area (Å²) in [6, 6.07) is 15.9. The molecule has 0 aliphatic heterocycles. The number of benzene rings is 3. The number of unbranched alkanes of at least 4 members (excludes halogenated alkanes) is 4. The molecule has 0 aliphatic rings. The maximum absolute atomic E-state index is 15.1. The van der Waals surface area contributed by atoms with Gasteiger partial charge in [0.25, 0.3) is 0 Å². The van der Waals surface area contributed by atoms with E-state index in [-0.39, 0.29) is 36.7 Å². The minimum absolute atomic E-state index is 0.0368. The summed E-state index contributed by atoms with van der Waals surface area (Å²) in [6.07, 6.45) is -0.560. The SMILES string of the molecule is CCCCCC[C@H](C)Oc1ccc(-c2ccc(-c3ccc(OCCCCOCC(F)(F)C(F)(F)C(F)(F)F)cc3)c(F)c2F)cc1. The van der Waals surface area contributed by atoms with Gasteiger partial charge in [-0.05, 0) is 68.0 Å². The van der Waals surface area contributed by atoms with E-state index in [1.54, 1.807) is 24.3 Å². The average Bonchev–Trinajstić information content (AvgIpc) is 3.00. The molecule has 12 heteroatoms. The first-order chi connectivity index (χ1) is 21.7. The molecule has 46 heavy (non-hydrogen) atoms. The molecule has 0 fully saturated rings. The fourth-order valence-electron chi connectivity index (χ4n) is 4.58. The third-order valence-corrected chi connectivity index (χ3v) is 7.26. The Kier molecular flexibility index (Phi) is 13.2. The average molecular weight is 665 g/mol. The van der Waals surface area contributed by atoms with Gasteiger partial charge in [0.2, 0.25) is 0 Å². The molecule has 0 aliphatic carbocycles. The van der Waals surface area contributed by atoms with Crippen LogP contribution in [0.3, 0.4) is 0 Å². The van der Waals surface area contributed by atoms with Crippen LogP contribution in [-0.2, 0) is 4.74 Å². The van der Waals surface area contributed by atoms with Crippen LogP contribution in [0.25, 0.3) is 22.3 Å². The van der Waals surface area contributed by atoms with Crippen molar-refractivity contribution in [3.05, 3.63) is 72.3 Å². The van der Waals surface area contributed by atoms with E-state index in [0.29, 0.717) is 22.6 Å². The van der Waals surface area contributed by atoms with Crippen molar-refractivity contribution in [2.45, 2.75) is 82.9 Å². The molecule has 3 nitrogen and oxygen atoms in total. The van der Waals surface area contributed by atoms with Crippen molar-refractivity contribution in [1.82, 2.24) is 0 Å². The fraction of sp³-hybridized carbons (Fsp3) is 0.471. The van der Waals surface area contributed by atoms with Crippen molar-refractivity contribution in [3.63, 3.8) is 0 Å². The number of hydrogen-bond donors (Lipinski definition) is 0. The zero-order valence-corrected chi connectivity index (χ0v) is 25.5. The molecule has 3 aromatic carbocycles. The number of ether oxygens (including phenoxy) is 3. The zero-order chi connectivity index (χ0) is 34.0. The van der Waals surface area contributed by atoms with Crippen molar-refractivity contribution < 1.29 is 53.7 Å². The molecule has 254 valence electrons. The molecule has 0 saturated carbocycles. The van der Waals surface area contributed by atoms with Gasteiger partial charge in [-0.2, -0.15) is 30.7 Å². The second kappa shape index (κ2) is 16.4. The molecule has 0 amide bonds. The van der Waals surface area contributed by atoms with E-state index < -0.39 is 42.9 Å². The van der Waals surface area contributed by atoms with Crippen LogP contribution >= 0.6 is 0 Å². The van der Waals surface area contributed by atoms with E-state index in [9.17, 15) is 30.7 Å². The molecular formula is C34H37F9O3. The molecule has 0 heterocycles. The van der Waals surface area contributed by atoms with Crippen LogP contribution < -0.4 is 9.47 Å². The van der Waals surface area contributed by atoms with Gasteiger partial charge in [-0.15, -0.1) is 0 Å². The second-order valence-corrected chi connectivity index (χ2v) is 11.0. The Labute approximate surface area is 262 Å². The molecule has 0 saturated heterocycles. The third-order valence-electron chi connectivity index (χ3n) is 7.26. The van der Waals surface area contributed by atoms with Crippen LogP contribution in [0.1, 0.15) is 58.8 Å². The van der Waals surface area contributed by atoms with E-state index in [1.807, 2.05) is 6.92 Å². The highest BCUT2D eigenvalue weighted by Gasteiger charge is 2.72. The fourth-order valence-corrected chi connectivity index (χ4v) is 4.58. The van der Waals surface area contributed by atoms with E-state index in [1.165, 1.54) is 42.8 Å². The molecule has 0 unspecified atom stereocenters. The minimum atomic E-state index is -6.40. The van der Waals surface area contributed by atoms with Crippen molar-refractivity contribution in [1.29, 1.82) is 0 Å². The molecule has 0 bridgehead atoms. The second-order valence-electron chi connectivity index (χ2n) is 11.0. The lowest BCUT2D eigenvalue weighted by Crippen LogP contribution is -2.54. The van der Waals surface area contributed by atoms with Gasteiger partial charge in [0.05, 0.1) is 12.7 Å². The van der Waals surface area contributed by atoms with Gasteiger partial charge in [0.15, 0.2) is 11.6 Å². The van der Waals surface area contributed by atoms with Gasteiger partial charge in [-0.3, -0.25) is 0 Å². The summed E-state index contributed by atoms with van der Waals surface area (Å²) < 4.78 is 135. The minimum Gasteiger partial charge on any atom is -0.494 e. The lowest BCUT2D eigenvalue weighted by Gasteiger charge is -2.27. The third kappa shape index (κ3) is 9.80. The Bertz CT molecular complexity index is 1360. The summed E-state index contributed by atoms with van der Waals surface area (Å²) in [6.45, 7) is 1.64. The first kappa shape index (κ1) is 37.1. The molecule has 3 aromatic rings. The van der Waals surface area contributed by atoms with Gasteiger partial charge in [0, 0.05) is 17.7 Å². The number of hydrogen-bond acceptors (Lipinski definition) is 3. The summed E-state index contributed by atoms with van der Waals surface area (Å²) in [5, 5.41) is 0. The summed E-state index contributed by atoms with van der Waals surface area (Å²) in [4.78, 5) is 0. The van der Waals surface area contributed by atoms with E-state index in [0.717, 1.165) is 25.7 Å². The van der Waals surface area contributed by atoms with Crippen LogP contribution in [0.4, 0.5) is 39.5 Å². The lowest BCUT2D eigenvalue weighted by molar-refractivity contribution is -0.361. The largest absolute Gasteiger partial charge is 0.494 e. The van der Waals surface area contributed by atoms with Crippen molar-refractivity contribution in [2.75, 3.05) is 19.8 Å². The Morgan fingerprint density at radius 3 is 1.67 bits per heavy atom. The lowest BCUT2D eigenvalue weighted by atomic mass is 9.98. The summed E-state index contributed by atoms with van der Waals surface area (Å²) in [7, 11) is 0. The van der Waals surface area contributed by atoms with Gasteiger partial charge >= 0.3 is 18.0 Å². The van der Waals surface area contributed by atoms with Crippen LogP contribution in [0.2, 0.25) is 0 Å². The summed E-state index contributed by atoms with van der Waals surface area (Å²) in [5.74, 6) is -12.6. The molecule has 0 N–H and O–H groups in total. The van der Waals surface area contributed by atoms with Crippen LogP contribution in [0.5, 0.6) is 11.5 Å². The van der Waals surface area contributed by atoms with Gasteiger partial charge in [0.1, 0.15) is 18.1 Å². The summed E-state index contributed by atoms with van der Waals surface area (Å²) >= 11 is 0. The topological polar surface area (TPSA) is 27.7 Å². The van der Waals surface area contributed by atoms with Gasteiger partial charge < -0.3 is 14.2 Å². The normalized spacial score (nSPS) is 13.1. The standard InChI is InChI=1S/C34H37F9O3/c1-3-4-5-6-9-23(2)46-27-16-12-25(13-17-27)29-19-18-28(30(35)31(29)36)24-10-14-26(15-11-24)45-21-8-7-20-44-22-32(37,38)33(39,40)34(41,42)43/h10-19,23H,3-9,20-22H2,1-2H3/t23-/m0/s1. The van der Waals surface area contributed by atoms with E-state index in [4.69, 9.17) is 9.47 Å². The molecule has 0 spiro atoms. The molecule has 3 rings (SSSR count). The maximum Gasteiger partial charge on any atom is 0.459 e. The summed E-state index contributed by atoms with van der Waals surface area (Å²) in [5.41, 5.74) is 1.02. The smallest absolute Gasteiger partial charge is 0.459 e. The van der Waals surface area contributed by atoms with Crippen molar-refractivity contribution >= 4 is 0 Å². The monoisotopic (exact) mass is 664 g/mol. The van der Waals surface area contributed by atoms with Crippen LogP contribution in [0, 0.1) is 11.6 Å². The van der Waals surface area contributed by atoms with Crippen molar-refractivity contribution in [3.8, 4) is 33.8 Å². The van der Waals surface area contributed by atoms with Gasteiger partial charge in [-0.1, -0.05) is 62.6 Å². The maximum atomic E-state index is 15.1. The number of rotatable bonds is 18. The predicted molar refractivity (Wildman–Crippen MR) is 158 cm³/mol. The Hall–Kier alpha value is -3.41. The predicted octanol–water partition coefficient (Wildman–Crippen LogP) is 11.0. The van der Waals surface area contributed by atoms with E-state index >= 15 is 8.78 Å². The Morgan fingerprint density at radius 1 is 0.630 bits per heavy atom. The number of halogens is 9. The first-order valence-electron chi connectivity index (χ1n) is 15.1. The highest BCUT2D eigenvalue weighted by atomic mass is 19.4. The molecule has 0 radical (unpaired) electrons. The molecule has 1 atom stereocenters. The zero-order valence-electron chi connectivity index (χ0n) is 25.5. The Balaban J connectivity index is 1.48. The van der Waals surface area contributed by atoms with Crippen molar-refractivity contribution in [2.24, 2.45) is 0 Å².